The van der Waals surface area contributed by atoms with Crippen molar-refractivity contribution in [2.75, 3.05) is 14.1 Å². The van der Waals surface area contributed by atoms with Crippen LogP contribution in [0.2, 0.25) is 0 Å². The first-order valence-electron chi connectivity index (χ1n) is 5.20. The van der Waals surface area contributed by atoms with Crippen LogP contribution < -0.4 is 15.6 Å². The van der Waals surface area contributed by atoms with Crippen LogP contribution >= 0.6 is 12.2 Å². The third-order valence-electron chi connectivity index (χ3n) is 2.19. The highest BCUT2D eigenvalue weighted by atomic mass is 32.1. The second kappa shape index (κ2) is 6.29. The first-order chi connectivity index (χ1) is 8.49. The number of hydrogen-bond acceptors (Lipinski definition) is 5. The normalized spacial score (nSPS) is 9.94. The third-order valence-corrected chi connectivity index (χ3v) is 2.46. The van der Waals surface area contributed by atoms with Gasteiger partial charge in [-0.1, -0.05) is 6.07 Å². The van der Waals surface area contributed by atoms with Crippen LogP contribution in [-0.2, 0) is 0 Å². The van der Waals surface area contributed by atoms with Crippen molar-refractivity contribution < 1.29 is 14.6 Å². The van der Waals surface area contributed by atoms with Crippen LogP contribution in [-0.4, -0.2) is 35.5 Å². The Hall–Kier alpha value is -1.70. The summed E-state index contributed by atoms with van der Waals surface area (Å²) in [6.07, 6.45) is 0. The molecule has 0 spiro atoms. The maximum Gasteiger partial charge on any atom is 0.339 e. The van der Waals surface area contributed by atoms with Gasteiger partial charge in [-0.15, -0.1) is 0 Å². The maximum atomic E-state index is 11.1. The summed E-state index contributed by atoms with van der Waals surface area (Å²) in [5.41, 5.74) is 6.44. The molecule has 0 aromatic heterocycles. The Morgan fingerprint density at radius 2 is 2.00 bits per heavy atom. The van der Waals surface area contributed by atoms with E-state index in [1.165, 1.54) is 11.2 Å². The topological polar surface area (TPSA) is 73.8 Å². The lowest BCUT2D eigenvalue weighted by Crippen LogP contribution is -2.49. The van der Waals surface area contributed by atoms with Gasteiger partial charge in [-0.2, -0.15) is 5.12 Å². The number of carbonyl (C=O) groups is 1. The maximum absolute atomic E-state index is 11.1. The summed E-state index contributed by atoms with van der Waals surface area (Å²) in [6.45, 7) is 1.84. The number of carboxylic acid groups (broad SMARTS) is 1. The number of nitrogens with one attached hydrogen (secondary N) is 2. The summed E-state index contributed by atoms with van der Waals surface area (Å²) >= 11 is 5.03. The smallest absolute Gasteiger partial charge is 0.339 e. The van der Waals surface area contributed by atoms with Crippen molar-refractivity contribution in [3.05, 3.63) is 29.3 Å². The Kier molecular flexibility index (Phi) is 5.02. The lowest BCUT2D eigenvalue weighted by atomic mass is 10.1. The summed E-state index contributed by atoms with van der Waals surface area (Å²) in [5.74, 6) is -0.851. The number of nitrogens with zero attached hydrogens (tertiary/aromatic N) is 1. The number of hydrazine groups is 2. The molecule has 18 heavy (non-hydrogen) atoms. The molecule has 0 saturated carbocycles. The molecule has 98 valence electrons. The summed E-state index contributed by atoms with van der Waals surface area (Å²) in [5, 5.41) is 10.5. The Balaban J connectivity index is 2.99. The molecule has 0 radical (unpaired) electrons. The van der Waals surface area contributed by atoms with Crippen LogP contribution in [0.5, 0.6) is 5.75 Å². The van der Waals surface area contributed by atoms with Crippen molar-refractivity contribution in [3.8, 4) is 5.75 Å². The molecule has 3 N–H and O–H groups in total. The van der Waals surface area contributed by atoms with Crippen LogP contribution in [0, 0.1) is 6.92 Å². The third kappa shape index (κ3) is 3.39. The van der Waals surface area contributed by atoms with Crippen molar-refractivity contribution in [1.29, 1.82) is 0 Å². The zero-order chi connectivity index (χ0) is 13.7. The van der Waals surface area contributed by atoms with E-state index in [1.54, 1.807) is 26.2 Å². The molecule has 0 saturated heterocycles. The Bertz CT molecular complexity index is 461. The van der Waals surface area contributed by atoms with Crippen molar-refractivity contribution >= 4 is 23.4 Å². The van der Waals surface area contributed by atoms with Gasteiger partial charge in [0.25, 0.3) is 5.17 Å². The first kappa shape index (κ1) is 14.4. The summed E-state index contributed by atoms with van der Waals surface area (Å²) in [7, 11) is 3.31. The fourth-order valence-electron chi connectivity index (χ4n) is 1.32. The van der Waals surface area contributed by atoms with Gasteiger partial charge in [0.05, 0.1) is 0 Å². The van der Waals surface area contributed by atoms with Crippen LogP contribution in [0.1, 0.15) is 15.9 Å². The molecule has 1 aromatic rings. The predicted molar refractivity (Wildman–Crippen MR) is 71.3 cm³/mol. The summed E-state index contributed by atoms with van der Waals surface area (Å²) < 4.78 is 5.38. The molecule has 0 heterocycles. The van der Waals surface area contributed by atoms with Crippen molar-refractivity contribution in [2.24, 2.45) is 0 Å². The number of thiocarbonyl (C=S) groups is 1. The van der Waals surface area contributed by atoms with Gasteiger partial charge in [-0.05, 0) is 36.8 Å². The second-order valence-electron chi connectivity index (χ2n) is 3.46. The Morgan fingerprint density at radius 3 is 2.50 bits per heavy atom. The first-order valence-corrected chi connectivity index (χ1v) is 5.61. The van der Waals surface area contributed by atoms with Gasteiger partial charge in [0, 0.05) is 14.1 Å². The van der Waals surface area contributed by atoms with E-state index in [0.717, 1.165) is 5.56 Å². The molecule has 0 unspecified atom stereocenters. The standard InChI is InChI=1S/C11H15N3O3S/c1-7-4-5-8(10(15)16)9(6-7)17-11(18)14(12-2)13-3/h4-6,12-13H,1-3H3,(H,15,16). The highest BCUT2D eigenvalue weighted by Gasteiger charge is 2.15. The molecule has 0 atom stereocenters. The number of aromatic carboxylic acids is 1. The number of ether oxygens (including phenoxy) is 1. The Labute approximate surface area is 110 Å². The lowest BCUT2D eigenvalue weighted by molar-refractivity contribution is 0.0694. The SMILES string of the molecule is CNN(NC)C(=S)Oc1cc(C)ccc1C(=O)O. The summed E-state index contributed by atoms with van der Waals surface area (Å²) in [6, 6.07) is 4.81. The van der Waals surface area contributed by atoms with Crippen molar-refractivity contribution in [3.63, 3.8) is 0 Å². The van der Waals surface area contributed by atoms with Crippen molar-refractivity contribution in [2.45, 2.75) is 6.92 Å². The van der Waals surface area contributed by atoms with E-state index >= 15 is 0 Å². The van der Waals surface area contributed by atoms with E-state index < -0.39 is 5.97 Å². The molecule has 1 aromatic carbocycles. The fourth-order valence-corrected chi connectivity index (χ4v) is 1.60. The minimum absolute atomic E-state index is 0.0649. The number of rotatable bonds is 4. The number of hydrogen-bond donors (Lipinski definition) is 3. The molecule has 1 rings (SSSR count). The molecular formula is C11H15N3O3S. The minimum Gasteiger partial charge on any atom is -0.478 e. The van der Waals surface area contributed by atoms with Crippen LogP contribution in [0.4, 0.5) is 0 Å². The minimum atomic E-state index is -1.06. The monoisotopic (exact) mass is 269 g/mol. The van der Waals surface area contributed by atoms with Crippen molar-refractivity contribution in [1.82, 2.24) is 16.0 Å². The van der Waals surface area contributed by atoms with Gasteiger partial charge in [-0.25, -0.2) is 15.6 Å². The van der Waals surface area contributed by atoms with Gasteiger partial charge in [-0.3, -0.25) is 0 Å². The molecule has 0 aliphatic rings. The van der Waals surface area contributed by atoms with Crippen LogP contribution in [0.3, 0.4) is 0 Å². The van der Waals surface area contributed by atoms with Gasteiger partial charge >= 0.3 is 5.97 Å². The van der Waals surface area contributed by atoms with Gasteiger partial charge in [0.15, 0.2) is 0 Å². The van der Waals surface area contributed by atoms with Gasteiger partial charge < -0.3 is 9.84 Å². The predicted octanol–water partition coefficient (Wildman–Crippen LogP) is 0.928. The number of aryl methyl sites for hydroxylation is 1. The highest BCUT2D eigenvalue weighted by molar-refractivity contribution is 7.80. The van der Waals surface area contributed by atoms with E-state index in [-0.39, 0.29) is 16.5 Å². The molecule has 0 aliphatic carbocycles. The Morgan fingerprint density at radius 1 is 1.39 bits per heavy atom. The zero-order valence-electron chi connectivity index (χ0n) is 10.4. The molecule has 0 bridgehead atoms. The van der Waals surface area contributed by atoms with E-state index in [4.69, 9.17) is 22.1 Å². The quantitative estimate of drug-likeness (QED) is 0.554. The molecule has 0 aliphatic heterocycles. The fraction of sp³-hybridized carbons (Fsp3) is 0.273. The lowest BCUT2D eigenvalue weighted by Gasteiger charge is -2.22. The second-order valence-corrected chi connectivity index (χ2v) is 3.80. The molecule has 6 nitrogen and oxygen atoms in total. The molecule has 7 heteroatoms. The molecular weight excluding hydrogens is 254 g/mol. The largest absolute Gasteiger partial charge is 0.478 e. The molecule has 0 amide bonds. The number of benzene rings is 1. The van der Waals surface area contributed by atoms with Gasteiger partial charge in [0.2, 0.25) is 0 Å². The van der Waals surface area contributed by atoms with E-state index in [1.807, 2.05) is 6.92 Å². The number of carboxylic acids is 1. The van der Waals surface area contributed by atoms with E-state index in [2.05, 4.69) is 10.9 Å². The van der Waals surface area contributed by atoms with Crippen LogP contribution in [0.25, 0.3) is 0 Å². The van der Waals surface area contributed by atoms with E-state index in [0.29, 0.717) is 0 Å². The van der Waals surface area contributed by atoms with E-state index in [9.17, 15) is 4.79 Å². The molecule has 0 fully saturated rings. The average Bonchev–Trinajstić information content (AvgIpc) is 2.30. The zero-order valence-corrected chi connectivity index (χ0v) is 11.2. The summed E-state index contributed by atoms with van der Waals surface area (Å²) in [4.78, 5) is 11.1. The highest BCUT2D eigenvalue weighted by Crippen LogP contribution is 2.20. The average molecular weight is 269 g/mol. The van der Waals surface area contributed by atoms with Gasteiger partial charge in [0.1, 0.15) is 11.3 Å². The van der Waals surface area contributed by atoms with Crippen LogP contribution in [0.15, 0.2) is 18.2 Å².